The molecule has 6 N–H and O–H groups in total. The van der Waals surface area contributed by atoms with Crippen molar-refractivity contribution < 1.29 is 10.2 Å². The molecule has 2 aliphatic rings. The molecule has 0 unspecified atom stereocenters. The van der Waals surface area contributed by atoms with Crippen molar-refractivity contribution in [2.45, 2.75) is 74.4 Å². The van der Waals surface area contributed by atoms with Crippen molar-refractivity contribution >= 4 is 46.4 Å². The summed E-state index contributed by atoms with van der Waals surface area (Å²) in [5, 5.41) is 22.7. The van der Waals surface area contributed by atoms with Gasteiger partial charge in [0.15, 0.2) is 0 Å². The van der Waals surface area contributed by atoms with Gasteiger partial charge in [-0.1, -0.05) is 84.2 Å². The molecule has 2 aromatic carbocycles. The second kappa shape index (κ2) is 12.1. The van der Waals surface area contributed by atoms with E-state index in [1.54, 1.807) is 12.1 Å². The van der Waals surface area contributed by atoms with Crippen molar-refractivity contribution in [2.24, 2.45) is 11.5 Å². The SMILES string of the molecule is NC[C@@]1(c2ccc(Cl)c(Cl)c2)CCCC[C@H]1O.NC[C@]1(c2ccc(Cl)c(Cl)c2)CCCC[C@@H]1O. The molecule has 0 aromatic heterocycles. The van der Waals surface area contributed by atoms with Crippen LogP contribution in [0.4, 0.5) is 0 Å². The maximum Gasteiger partial charge on any atom is 0.0649 e. The van der Waals surface area contributed by atoms with Crippen molar-refractivity contribution in [1.29, 1.82) is 0 Å². The first-order valence-electron chi connectivity index (χ1n) is 11.9. The van der Waals surface area contributed by atoms with Crippen molar-refractivity contribution in [3.63, 3.8) is 0 Å². The molecule has 34 heavy (non-hydrogen) atoms. The summed E-state index contributed by atoms with van der Waals surface area (Å²) in [5.41, 5.74) is 13.1. The van der Waals surface area contributed by atoms with Gasteiger partial charge in [0.1, 0.15) is 0 Å². The van der Waals surface area contributed by atoms with Gasteiger partial charge in [0.05, 0.1) is 32.3 Å². The molecule has 8 heteroatoms. The number of benzene rings is 2. The van der Waals surface area contributed by atoms with Crippen molar-refractivity contribution in [3.05, 3.63) is 67.6 Å². The fourth-order valence-corrected chi connectivity index (χ4v) is 6.04. The van der Waals surface area contributed by atoms with Crippen molar-refractivity contribution in [1.82, 2.24) is 0 Å². The van der Waals surface area contributed by atoms with Gasteiger partial charge in [-0.2, -0.15) is 0 Å². The lowest BCUT2D eigenvalue weighted by molar-refractivity contribution is 0.0462. The van der Waals surface area contributed by atoms with Crippen LogP contribution in [0.25, 0.3) is 0 Å². The standard InChI is InChI=1S/2C13H17Cl2NO/c2*14-10-5-4-9(7-11(10)15)13(8-16)6-2-1-3-12(13)17/h2*4-5,7,12,17H,1-3,6,8,16H2/t2*12-,13-/m10/s1. The Morgan fingerprint density at radius 3 is 1.32 bits per heavy atom. The average molecular weight is 548 g/mol. The van der Waals surface area contributed by atoms with E-state index >= 15 is 0 Å². The molecule has 2 fully saturated rings. The maximum absolute atomic E-state index is 10.3. The van der Waals surface area contributed by atoms with Gasteiger partial charge in [-0.25, -0.2) is 0 Å². The summed E-state index contributed by atoms with van der Waals surface area (Å²) in [6.45, 7) is 0.873. The minimum absolute atomic E-state index is 0.355. The molecule has 2 aromatic rings. The van der Waals surface area contributed by atoms with Gasteiger partial charge in [-0.3, -0.25) is 0 Å². The van der Waals surface area contributed by atoms with Crippen LogP contribution in [0.2, 0.25) is 20.1 Å². The number of aliphatic hydroxyl groups excluding tert-OH is 2. The van der Waals surface area contributed by atoms with Crippen LogP contribution < -0.4 is 11.5 Å². The molecule has 0 bridgehead atoms. The van der Waals surface area contributed by atoms with Crippen molar-refractivity contribution in [3.8, 4) is 0 Å². The number of nitrogens with two attached hydrogens (primary N) is 2. The predicted molar refractivity (Wildman–Crippen MR) is 143 cm³/mol. The molecular weight excluding hydrogens is 514 g/mol. The highest BCUT2D eigenvalue weighted by Crippen LogP contribution is 2.42. The lowest BCUT2D eigenvalue weighted by Crippen LogP contribution is -2.48. The molecule has 0 saturated heterocycles. The summed E-state index contributed by atoms with van der Waals surface area (Å²) >= 11 is 23.9. The highest BCUT2D eigenvalue weighted by Gasteiger charge is 2.41. The van der Waals surface area contributed by atoms with Gasteiger partial charge >= 0.3 is 0 Å². The van der Waals surface area contributed by atoms with Crippen LogP contribution in [0, 0.1) is 0 Å². The Balaban J connectivity index is 0.000000191. The first kappa shape index (κ1) is 28.0. The summed E-state index contributed by atoms with van der Waals surface area (Å²) in [7, 11) is 0. The van der Waals surface area contributed by atoms with Gasteiger partial charge in [0.2, 0.25) is 0 Å². The van der Waals surface area contributed by atoms with E-state index in [9.17, 15) is 10.2 Å². The van der Waals surface area contributed by atoms with Crippen LogP contribution >= 0.6 is 46.4 Å². The van der Waals surface area contributed by atoms with Crippen molar-refractivity contribution in [2.75, 3.05) is 13.1 Å². The molecule has 4 nitrogen and oxygen atoms in total. The fraction of sp³-hybridized carbons (Fsp3) is 0.538. The van der Waals surface area contributed by atoms with E-state index in [1.807, 2.05) is 24.3 Å². The second-order valence-corrected chi connectivity index (χ2v) is 11.1. The molecule has 0 spiro atoms. The van der Waals surface area contributed by atoms with Crippen LogP contribution in [0.15, 0.2) is 36.4 Å². The van der Waals surface area contributed by atoms with Crippen LogP contribution in [0.1, 0.15) is 62.5 Å². The van der Waals surface area contributed by atoms with Crippen LogP contribution in [-0.4, -0.2) is 35.5 Å². The molecule has 0 radical (unpaired) electrons. The van der Waals surface area contributed by atoms with E-state index in [2.05, 4.69) is 0 Å². The minimum Gasteiger partial charge on any atom is -0.392 e. The zero-order valence-electron chi connectivity index (χ0n) is 19.3. The third-order valence-electron chi connectivity index (χ3n) is 7.69. The second-order valence-electron chi connectivity index (χ2n) is 9.50. The molecule has 0 aliphatic heterocycles. The summed E-state index contributed by atoms with van der Waals surface area (Å²) in [6.07, 6.45) is 6.94. The zero-order valence-corrected chi connectivity index (χ0v) is 22.3. The normalized spacial score (nSPS) is 29.3. The van der Waals surface area contributed by atoms with Crippen LogP contribution in [-0.2, 0) is 10.8 Å². The van der Waals surface area contributed by atoms with E-state index in [-0.39, 0.29) is 10.8 Å². The van der Waals surface area contributed by atoms with E-state index < -0.39 is 12.2 Å². The van der Waals surface area contributed by atoms with Gasteiger partial charge in [-0.15, -0.1) is 0 Å². The smallest absolute Gasteiger partial charge is 0.0649 e. The Morgan fingerprint density at radius 1 is 0.647 bits per heavy atom. The Bertz CT molecular complexity index is 898. The van der Waals surface area contributed by atoms with Gasteiger partial charge in [0, 0.05) is 23.9 Å². The first-order chi connectivity index (χ1) is 16.2. The van der Waals surface area contributed by atoms with Gasteiger partial charge < -0.3 is 21.7 Å². The highest BCUT2D eigenvalue weighted by molar-refractivity contribution is 6.42. The largest absolute Gasteiger partial charge is 0.392 e. The quantitative estimate of drug-likeness (QED) is 0.364. The van der Waals surface area contributed by atoms with Crippen LogP contribution in [0.5, 0.6) is 0 Å². The Morgan fingerprint density at radius 2 is 1.03 bits per heavy atom. The van der Waals surface area contributed by atoms with E-state index in [0.717, 1.165) is 62.5 Å². The average Bonchev–Trinajstić information content (AvgIpc) is 2.84. The van der Waals surface area contributed by atoms with Gasteiger partial charge in [-0.05, 0) is 61.1 Å². The number of halogens is 4. The van der Waals surface area contributed by atoms with E-state index in [4.69, 9.17) is 57.9 Å². The summed E-state index contributed by atoms with van der Waals surface area (Å²) < 4.78 is 0. The monoisotopic (exact) mass is 546 g/mol. The van der Waals surface area contributed by atoms with E-state index in [0.29, 0.717) is 33.2 Å². The lowest BCUT2D eigenvalue weighted by Gasteiger charge is -2.41. The first-order valence-corrected chi connectivity index (χ1v) is 13.4. The number of aliphatic hydroxyl groups is 2. The molecule has 2 aliphatic carbocycles. The summed E-state index contributed by atoms with van der Waals surface area (Å²) in [4.78, 5) is 0. The number of hydrogen-bond donors (Lipinski definition) is 4. The Kier molecular flexibility index (Phi) is 9.99. The maximum atomic E-state index is 10.3. The number of hydrogen-bond acceptors (Lipinski definition) is 4. The zero-order chi connectivity index (χ0) is 24.9. The van der Waals surface area contributed by atoms with E-state index in [1.165, 1.54) is 0 Å². The molecular formula is C26H34Cl4N2O2. The third-order valence-corrected chi connectivity index (χ3v) is 9.17. The molecule has 4 rings (SSSR count). The lowest BCUT2D eigenvalue weighted by atomic mass is 9.67. The Hall–Kier alpha value is -0.560. The minimum atomic E-state index is -0.390. The highest BCUT2D eigenvalue weighted by atomic mass is 35.5. The number of rotatable bonds is 4. The summed E-state index contributed by atoms with van der Waals surface area (Å²) in [6, 6.07) is 11.1. The molecule has 2 saturated carbocycles. The third kappa shape index (κ3) is 5.71. The topological polar surface area (TPSA) is 92.5 Å². The predicted octanol–water partition coefficient (Wildman–Crippen LogP) is 6.25. The molecule has 0 heterocycles. The Labute approximate surface area is 222 Å². The molecule has 4 atom stereocenters. The fourth-order valence-electron chi connectivity index (χ4n) is 5.44. The summed E-state index contributed by atoms with van der Waals surface area (Å²) in [5.74, 6) is 0. The molecule has 188 valence electrons. The van der Waals surface area contributed by atoms with Crippen LogP contribution in [0.3, 0.4) is 0 Å². The van der Waals surface area contributed by atoms with Gasteiger partial charge in [0.25, 0.3) is 0 Å². The molecule has 0 amide bonds.